The lowest BCUT2D eigenvalue weighted by molar-refractivity contribution is -0.130. The van der Waals surface area contributed by atoms with Crippen LogP contribution in [0.1, 0.15) is 68.7 Å². The third kappa shape index (κ3) is 3.75. The zero-order valence-corrected chi connectivity index (χ0v) is 17.6. The van der Waals surface area contributed by atoms with Crippen molar-refractivity contribution in [2.24, 2.45) is 5.10 Å². The number of rotatable bonds is 4. The summed E-state index contributed by atoms with van der Waals surface area (Å²) in [6, 6.07) is 6.63. The Labute approximate surface area is 179 Å². The summed E-state index contributed by atoms with van der Waals surface area (Å²) in [5.74, 6) is -0.0912. The second-order valence-corrected chi connectivity index (χ2v) is 7.99. The molecule has 1 aromatic heterocycles. The van der Waals surface area contributed by atoms with Gasteiger partial charge in [-0.3, -0.25) is 19.1 Å². The maximum Gasteiger partial charge on any atom is 0.331 e. The highest BCUT2D eigenvalue weighted by atomic mass is 16.5. The van der Waals surface area contributed by atoms with Crippen LogP contribution in [0.3, 0.4) is 0 Å². The summed E-state index contributed by atoms with van der Waals surface area (Å²) in [6.45, 7) is 1.39. The number of aromatic hydroxyl groups is 1. The second-order valence-electron chi connectivity index (χ2n) is 7.99. The molecule has 2 N–H and O–H groups in total. The number of carbonyl (C=O) groups excluding carboxylic acids is 1. The van der Waals surface area contributed by atoms with Crippen LogP contribution in [-0.4, -0.2) is 38.4 Å². The SMILES string of the molecule is COc1ccccc1C1CC(c2c(O)n(C3CCCCC3)c(=O)[nH]c2=O)=NN1C(C)=O. The molecule has 1 amide bonds. The number of nitrogens with zero attached hydrogens (tertiary/aromatic N) is 3. The van der Waals surface area contributed by atoms with Crippen LogP contribution >= 0.6 is 0 Å². The van der Waals surface area contributed by atoms with Gasteiger partial charge in [0.15, 0.2) is 0 Å². The quantitative estimate of drug-likeness (QED) is 0.779. The molecular formula is C22H26N4O5. The summed E-state index contributed by atoms with van der Waals surface area (Å²) < 4.78 is 6.71. The van der Waals surface area contributed by atoms with Gasteiger partial charge in [-0.25, -0.2) is 9.80 Å². The van der Waals surface area contributed by atoms with E-state index in [0.29, 0.717) is 5.75 Å². The molecular weight excluding hydrogens is 400 g/mol. The Morgan fingerprint density at radius 1 is 1.19 bits per heavy atom. The number of aromatic amines is 1. The minimum Gasteiger partial charge on any atom is -0.496 e. The molecule has 2 aromatic rings. The van der Waals surface area contributed by atoms with Crippen LogP contribution in [0.4, 0.5) is 0 Å². The molecule has 0 spiro atoms. The molecule has 1 aliphatic carbocycles. The largest absolute Gasteiger partial charge is 0.496 e. The standard InChI is InChI=1S/C22H26N4O5/c1-13(27)26-17(15-10-6-7-11-18(15)31-2)12-16(24-26)19-20(28)23-22(30)25(21(19)29)14-8-4-3-5-9-14/h6-7,10-11,14,17,29H,3-5,8-9,12H2,1-2H3,(H,23,28,30). The Kier molecular flexibility index (Phi) is 5.67. The van der Waals surface area contributed by atoms with E-state index in [2.05, 4.69) is 10.1 Å². The minimum absolute atomic E-state index is 0.0613. The highest BCUT2D eigenvalue weighted by Gasteiger charge is 2.36. The van der Waals surface area contributed by atoms with Gasteiger partial charge in [0.2, 0.25) is 11.8 Å². The molecule has 4 rings (SSSR count). The number of carbonyl (C=O) groups is 1. The molecule has 0 radical (unpaired) electrons. The van der Waals surface area contributed by atoms with Crippen LogP contribution in [-0.2, 0) is 4.79 Å². The molecule has 1 aliphatic heterocycles. The fourth-order valence-electron chi connectivity index (χ4n) is 4.61. The van der Waals surface area contributed by atoms with Crippen molar-refractivity contribution in [1.82, 2.24) is 14.6 Å². The van der Waals surface area contributed by atoms with E-state index in [4.69, 9.17) is 4.74 Å². The predicted molar refractivity (Wildman–Crippen MR) is 115 cm³/mol. The lowest BCUT2D eigenvalue weighted by Crippen LogP contribution is -2.36. The van der Waals surface area contributed by atoms with E-state index >= 15 is 0 Å². The first-order chi connectivity index (χ1) is 14.9. The van der Waals surface area contributed by atoms with Gasteiger partial charge < -0.3 is 9.84 Å². The molecule has 9 heteroatoms. The maximum atomic E-state index is 12.7. The number of hydrazone groups is 1. The van der Waals surface area contributed by atoms with Gasteiger partial charge in [-0.15, -0.1) is 0 Å². The van der Waals surface area contributed by atoms with Crippen molar-refractivity contribution < 1.29 is 14.6 Å². The average Bonchev–Trinajstić information content (AvgIpc) is 3.19. The number of benzene rings is 1. The first-order valence-electron chi connectivity index (χ1n) is 10.5. The summed E-state index contributed by atoms with van der Waals surface area (Å²) in [6.07, 6.45) is 4.73. The van der Waals surface area contributed by atoms with Crippen molar-refractivity contribution >= 4 is 11.6 Å². The van der Waals surface area contributed by atoms with E-state index in [9.17, 15) is 19.5 Å². The van der Waals surface area contributed by atoms with Crippen LogP contribution in [0.15, 0.2) is 39.0 Å². The molecule has 31 heavy (non-hydrogen) atoms. The first-order valence-corrected chi connectivity index (χ1v) is 10.5. The monoisotopic (exact) mass is 426 g/mol. The zero-order chi connectivity index (χ0) is 22.1. The molecule has 1 fully saturated rings. The van der Waals surface area contributed by atoms with E-state index in [-0.39, 0.29) is 35.5 Å². The number of amides is 1. The van der Waals surface area contributed by atoms with E-state index in [1.807, 2.05) is 18.2 Å². The summed E-state index contributed by atoms with van der Waals surface area (Å²) in [4.78, 5) is 39.8. The van der Waals surface area contributed by atoms with Crippen LogP contribution < -0.4 is 16.0 Å². The lowest BCUT2D eigenvalue weighted by atomic mass is 9.94. The van der Waals surface area contributed by atoms with Crippen molar-refractivity contribution in [2.75, 3.05) is 7.11 Å². The third-order valence-corrected chi connectivity index (χ3v) is 6.08. The van der Waals surface area contributed by atoms with Crippen LogP contribution in [0.5, 0.6) is 11.6 Å². The van der Waals surface area contributed by atoms with Crippen molar-refractivity contribution in [2.45, 2.75) is 57.5 Å². The summed E-state index contributed by atoms with van der Waals surface area (Å²) in [5.41, 5.74) is -0.391. The third-order valence-electron chi connectivity index (χ3n) is 6.08. The van der Waals surface area contributed by atoms with E-state index in [0.717, 1.165) is 37.7 Å². The van der Waals surface area contributed by atoms with Crippen LogP contribution in [0.2, 0.25) is 0 Å². The molecule has 1 unspecified atom stereocenters. The summed E-state index contributed by atoms with van der Waals surface area (Å²) in [7, 11) is 1.55. The molecule has 1 saturated carbocycles. The number of methoxy groups -OCH3 is 1. The number of para-hydroxylation sites is 1. The van der Waals surface area contributed by atoms with E-state index in [1.165, 1.54) is 16.5 Å². The first kappa shape index (κ1) is 20.9. The molecule has 0 saturated heterocycles. The van der Waals surface area contributed by atoms with Crippen molar-refractivity contribution in [3.63, 3.8) is 0 Å². The van der Waals surface area contributed by atoms with Gasteiger partial charge in [0, 0.05) is 24.9 Å². The molecule has 2 aliphatic rings. The Morgan fingerprint density at radius 3 is 2.58 bits per heavy atom. The number of hydrogen-bond acceptors (Lipinski definition) is 6. The average molecular weight is 426 g/mol. The molecule has 9 nitrogen and oxygen atoms in total. The number of H-pyrrole nitrogens is 1. The topological polar surface area (TPSA) is 117 Å². The Morgan fingerprint density at radius 2 is 1.90 bits per heavy atom. The van der Waals surface area contributed by atoms with E-state index in [1.54, 1.807) is 13.2 Å². The Balaban J connectivity index is 1.79. The Hall–Kier alpha value is -3.36. The normalized spacial score (nSPS) is 19.4. The van der Waals surface area contributed by atoms with E-state index < -0.39 is 17.3 Å². The van der Waals surface area contributed by atoms with Crippen molar-refractivity contribution in [1.29, 1.82) is 0 Å². The zero-order valence-electron chi connectivity index (χ0n) is 17.6. The van der Waals surface area contributed by atoms with Gasteiger partial charge in [0.25, 0.3) is 5.56 Å². The number of nitrogens with one attached hydrogen (secondary N) is 1. The predicted octanol–water partition coefficient (Wildman–Crippen LogP) is 2.45. The van der Waals surface area contributed by atoms with Crippen LogP contribution in [0.25, 0.3) is 0 Å². The summed E-state index contributed by atoms with van der Waals surface area (Å²) in [5, 5.41) is 16.7. The van der Waals surface area contributed by atoms with Gasteiger partial charge in [0.1, 0.15) is 11.3 Å². The Bertz CT molecular complexity index is 1140. The number of aromatic nitrogens is 2. The smallest absolute Gasteiger partial charge is 0.331 e. The van der Waals surface area contributed by atoms with Gasteiger partial charge >= 0.3 is 5.69 Å². The lowest BCUT2D eigenvalue weighted by Gasteiger charge is -2.25. The van der Waals surface area contributed by atoms with Crippen molar-refractivity contribution in [3.8, 4) is 11.6 Å². The molecule has 1 atom stereocenters. The highest BCUT2D eigenvalue weighted by molar-refractivity contribution is 6.04. The molecule has 1 aromatic carbocycles. The van der Waals surface area contributed by atoms with Crippen LogP contribution in [0, 0.1) is 0 Å². The molecule has 164 valence electrons. The fourth-order valence-corrected chi connectivity index (χ4v) is 4.61. The fraction of sp³-hybridized carbons (Fsp3) is 0.455. The number of ether oxygens (including phenoxy) is 1. The van der Waals surface area contributed by atoms with Gasteiger partial charge in [-0.1, -0.05) is 37.5 Å². The highest BCUT2D eigenvalue weighted by Crippen LogP contribution is 2.38. The number of hydrogen-bond donors (Lipinski definition) is 2. The van der Waals surface area contributed by atoms with Crippen molar-refractivity contribution in [3.05, 3.63) is 56.2 Å². The molecule has 0 bridgehead atoms. The maximum absolute atomic E-state index is 12.7. The van der Waals surface area contributed by atoms with Gasteiger partial charge in [-0.2, -0.15) is 5.10 Å². The summed E-state index contributed by atoms with van der Waals surface area (Å²) >= 11 is 0. The molecule has 2 heterocycles. The minimum atomic E-state index is -0.711. The van der Waals surface area contributed by atoms with Gasteiger partial charge in [0.05, 0.1) is 18.9 Å². The van der Waals surface area contributed by atoms with Gasteiger partial charge in [-0.05, 0) is 18.9 Å². The second kappa shape index (κ2) is 8.41.